The van der Waals surface area contributed by atoms with Gasteiger partial charge < -0.3 is 9.47 Å². The van der Waals surface area contributed by atoms with Crippen LogP contribution in [0, 0.1) is 0 Å². The predicted molar refractivity (Wildman–Crippen MR) is 45.0 cm³/mol. The Morgan fingerprint density at radius 3 is 2.67 bits per heavy atom. The Kier molecular flexibility index (Phi) is 3.91. The summed E-state index contributed by atoms with van der Waals surface area (Å²) in [5.41, 5.74) is 0. The van der Waals surface area contributed by atoms with Crippen LogP contribution in [-0.4, -0.2) is 18.9 Å². The largest absolute Gasteiger partial charge is 0.508 e. The minimum absolute atomic E-state index is 0.120. The summed E-state index contributed by atoms with van der Waals surface area (Å²) in [6, 6.07) is 0. The van der Waals surface area contributed by atoms with Crippen LogP contribution in [0.5, 0.6) is 0 Å². The van der Waals surface area contributed by atoms with Crippen molar-refractivity contribution in [2.24, 2.45) is 0 Å². The van der Waals surface area contributed by atoms with Gasteiger partial charge in [0.15, 0.2) is 0 Å². The summed E-state index contributed by atoms with van der Waals surface area (Å²) in [7, 11) is 0. The van der Waals surface area contributed by atoms with Gasteiger partial charge in [-0.15, -0.1) is 0 Å². The van der Waals surface area contributed by atoms with Crippen molar-refractivity contribution in [1.29, 1.82) is 0 Å². The van der Waals surface area contributed by atoms with Crippen LogP contribution in [0.25, 0.3) is 0 Å². The molecule has 12 heavy (non-hydrogen) atoms. The Morgan fingerprint density at radius 2 is 2.08 bits per heavy atom. The highest BCUT2D eigenvalue weighted by Crippen LogP contribution is 2.21. The SMILES string of the molecule is CCCOC(=O)OC1CCCC1. The molecule has 0 aromatic heterocycles. The number of hydrogen-bond donors (Lipinski definition) is 0. The van der Waals surface area contributed by atoms with E-state index in [9.17, 15) is 4.79 Å². The molecule has 0 unspecified atom stereocenters. The van der Waals surface area contributed by atoms with Gasteiger partial charge in [0.05, 0.1) is 6.61 Å². The maximum absolute atomic E-state index is 10.9. The molecular formula is C9H16O3. The molecule has 1 fully saturated rings. The highest BCUT2D eigenvalue weighted by molar-refractivity contribution is 5.60. The second-order valence-corrected chi connectivity index (χ2v) is 3.12. The Labute approximate surface area is 73.0 Å². The first kappa shape index (κ1) is 9.36. The van der Waals surface area contributed by atoms with Gasteiger partial charge in [0, 0.05) is 0 Å². The van der Waals surface area contributed by atoms with Crippen LogP contribution in [0.1, 0.15) is 39.0 Å². The Hall–Kier alpha value is -0.730. The van der Waals surface area contributed by atoms with Crippen molar-refractivity contribution in [1.82, 2.24) is 0 Å². The highest BCUT2D eigenvalue weighted by atomic mass is 16.7. The Morgan fingerprint density at radius 1 is 1.42 bits per heavy atom. The fraction of sp³-hybridized carbons (Fsp3) is 0.889. The van der Waals surface area contributed by atoms with Gasteiger partial charge in [-0.25, -0.2) is 4.79 Å². The summed E-state index contributed by atoms with van der Waals surface area (Å²) in [4.78, 5) is 10.9. The summed E-state index contributed by atoms with van der Waals surface area (Å²) >= 11 is 0. The van der Waals surface area contributed by atoms with Crippen molar-refractivity contribution in [2.75, 3.05) is 6.61 Å². The number of hydrogen-bond acceptors (Lipinski definition) is 3. The van der Waals surface area contributed by atoms with Gasteiger partial charge in [-0.2, -0.15) is 0 Å². The quantitative estimate of drug-likeness (QED) is 0.613. The van der Waals surface area contributed by atoms with Crippen LogP contribution in [0.15, 0.2) is 0 Å². The summed E-state index contributed by atoms with van der Waals surface area (Å²) in [6.07, 6.45) is 4.82. The van der Waals surface area contributed by atoms with Gasteiger partial charge in [-0.3, -0.25) is 0 Å². The average molecular weight is 172 g/mol. The molecule has 70 valence electrons. The molecule has 0 aliphatic heterocycles. The molecule has 1 aliphatic carbocycles. The number of rotatable bonds is 3. The molecule has 3 nitrogen and oxygen atoms in total. The third-order valence-electron chi connectivity index (χ3n) is 1.99. The van der Waals surface area contributed by atoms with Crippen molar-refractivity contribution < 1.29 is 14.3 Å². The maximum Gasteiger partial charge on any atom is 0.508 e. The average Bonchev–Trinajstić information content (AvgIpc) is 2.53. The smallest absolute Gasteiger partial charge is 0.434 e. The van der Waals surface area contributed by atoms with E-state index in [0.29, 0.717) is 6.61 Å². The van der Waals surface area contributed by atoms with Gasteiger partial charge in [0.1, 0.15) is 6.10 Å². The van der Waals surface area contributed by atoms with Crippen molar-refractivity contribution in [3.05, 3.63) is 0 Å². The van der Waals surface area contributed by atoms with E-state index < -0.39 is 6.16 Å². The lowest BCUT2D eigenvalue weighted by Gasteiger charge is -2.10. The second kappa shape index (κ2) is 5.01. The predicted octanol–water partition coefficient (Wildman–Crippen LogP) is 2.49. The molecule has 3 heteroatoms. The standard InChI is InChI=1S/C9H16O3/c1-2-7-11-9(10)12-8-5-3-4-6-8/h8H,2-7H2,1H3. The number of carbonyl (C=O) groups is 1. The molecule has 0 bridgehead atoms. The molecule has 0 aromatic rings. The van der Waals surface area contributed by atoms with E-state index in [-0.39, 0.29) is 6.10 Å². The van der Waals surface area contributed by atoms with Crippen molar-refractivity contribution >= 4 is 6.16 Å². The van der Waals surface area contributed by atoms with Crippen LogP contribution >= 0.6 is 0 Å². The number of carbonyl (C=O) groups excluding carboxylic acids is 1. The Bertz CT molecular complexity index is 139. The molecule has 0 radical (unpaired) electrons. The van der Waals surface area contributed by atoms with Crippen LogP contribution in [-0.2, 0) is 9.47 Å². The first-order valence-corrected chi connectivity index (χ1v) is 4.66. The molecule has 0 atom stereocenters. The molecule has 0 amide bonds. The van der Waals surface area contributed by atoms with Crippen molar-refractivity contribution in [3.8, 4) is 0 Å². The van der Waals surface area contributed by atoms with E-state index in [0.717, 1.165) is 19.3 Å². The fourth-order valence-electron chi connectivity index (χ4n) is 1.36. The summed E-state index contributed by atoms with van der Waals surface area (Å²) in [5, 5.41) is 0. The second-order valence-electron chi connectivity index (χ2n) is 3.12. The molecule has 1 saturated carbocycles. The van der Waals surface area contributed by atoms with Crippen LogP contribution < -0.4 is 0 Å². The monoisotopic (exact) mass is 172 g/mol. The molecule has 1 rings (SSSR count). The van der Waals surface area contributed by atoms with E-state index in [1.165, 1.54) is 12.8 Å². The topological polar surface area (TPSA) is 35.5 Å². The zero-order valence-electron chi connectivity index (χ0n) is 7.54. The summed E-state index contributed by atoms with van der Waals surface area (Å²) in [5.74, 6) is 0. The highest BCUT2D eigenvalue weighted by Gasteiger charge is 2.19. The van der Waals surface area contributed by atoms with Gasteiger partial charge >= 0.3 is 6.16 Å². The minimum atomic E-state index is -0.497. The van der Waals surface area contributed by atoms with Gasteiger partial charge in [0.25, 0.3) is 0 Å². The minimum Gasteiger partial charge on any atom is -0.434 e. The maximum atomic E-state index is 10.9. The first-order valence-electron chi connectivity index (χ1n) is 4.66. The van der Waals surface area contributed by atoms with E-state index in [4.69, 9.17) is 9.47 Å². The normalized spacial score (nSPS) is 17.8. The number of ether oxygens (including phenoxy) is 2. The molecule has 0 aromatic carbocycles. The van der Waals surface area contributed by atoms with E-state index in [1.54, 1.807) is 0 Å². The van der Waals surface area contributed by atoms with E-state index in [1.807, 2.05) is 6.92 Å². The molecule has 0 N–H and O–H groups in total. The zero-order valence-corrected chi connectivity index (χ0v) is 7.54. The van der Waals surface area contributed by atoms with Gasteiger partial charge in [0.2, 0.25) is 0 Å². The first-order chi connectivity index (χ1) is 5.83. The summed E-state index contributed by atoms with van der Waals surface area (Å²) in [6.45, 7) is 2.43. The lowest BCUT2D eigenvalue weighted by atomic mass is 10.3. The van der Waals surface area contributed by atoms with Crippen LogP contribution in [0.2, 0.25) is 0 Å². The third-order valence-corrected chi connectivity index (χ3v) is 1.99. The molecule has 0 saturated heterocycles. The molecule has 0 spiro atoms. The third kappa shape index (κ3) is 3.11. The zero-order chi connectivity index (χ0) is 8.81. The lowest BCUT2D eigenvalue weighted by molar-refractivity contribution is 0.0258. The van der Waals surface area contributed by atoms with Crippen LogP contribution in [0.4, 0.5) is 4.79 Å². The molecule has 1 aliphatic rings. The Balaban J connectivity index is 2.08. The fourth-order valence-corrected chi connectivity index (χ4v) is 1.36. The molecular weight excluding hydrogens is 156 g/mol. The lowest BCUT2D eigenvalue weighted by Crippen LogP contribution is -2.16. The molecule has 0 heterocycles. The summed E-state index contributed by atoms with van der Waals surface area (Å²) < 4.78 is 9.84. The van der Waals surface area contributed by atoms with E-state index in [2.05, 4.69) is 0 Å². The van der Waals surface area contributed by atoms with Gasteiger partial charge in [-0.05, 0) is 32.1 Å². The van der Waals surface area contributed by atoms with Crippen LogP contribution in [0.3, 0.4) is 0 Å². The van der Waals surface area contributed by atoms with E-state index >= 15 is 0 Å². The van der Waals surface area contributed by atoms with Gasteiger partial charge in [-0.1, -0.05) is 6.92 Å². The van der Waals surface area contributed by atoms with Crippen molar-refractivity contribution in [3.63, 3.8) is 0 Å². The van der Waals surface area contributed by atoms with Crippen molar-refractivity contribution in [2.45, 2.75) is 45.1 Å².